The second kappa shape index (κ2) is 6.17. The molecule has 0 saturated carbocycles. The Morgan fingerprint density at radius 3 is 2.09 bits per heavy atom. The van der Waals surface area contributed by atoms with Gasteiger partial charge in [0.1, 0.15) is 4.47 Å². The lowest BCUT2D eigenvalue weighted by Crippen LogP contribution is -2.12. The van der Waals surface area contributed by atoms with Crippen LogP contribution in [0.25, 0.3) is 11.1 Å². The maximum atomic E-state index is 12.3. The Bertz CT molecular complexity index is 917. The van der Waals surface area contributed by atoms with E-state index in [0.717, 1.165) is 11.1 Å². The molecule has 0 spiro atoms. The fourth-order valence-corrected chi connectivity index (χ4v) is 3.44. The van der Waals surface area contributed by atoms with Gasteiger partial charge >= 0.3 is 0 Å². The van der Waals surface area contributed by atoms with Gasteiger partial charge in [0.15, 0.2) is 0 Å². The van der Waals surface area contributed by atoms with Crippen LogP contribution < -0.4 is 4.72 Å². The fraction of sp³-hybridized carbons (Fsp3) is 0.0625. The van der Waals surface area contributed by atoms with E-state index in [0.29, 0.717) is 4.47 Å². The molecule has 1 heterocycles. The van der Waals surface area contributed by atoms with Crippen molar-refractivity contribution in [3.8, 4) is 11.1 Å². The number of sulfonamides is 1. The number of nitrogens with zero attached hydrogens (tertiary/aromatic N) is 1. The molecule has 0 fully saturated rings. The van der Waals surface area contributed by atoms with Crippen molar-refractivity contribution in [2.45, 2.75) is 11.8 Å². The van der Waals surface area contributed by atoms with Crippen molar-refractivity contribution in [2.75, 3.05) is 4.72 Å². The van der Waals surface area contributed by atoms with E-state index in [1.807, 2.05) is 31.2 Å². The average molecular weight is 393 g/mol. The van der Waals surface area contributed by atoms with Crippen LogP contribution in [0.2, 0.25) is 0 Å². The number of hydrogen-bond donors (Lipinski definition) is 1. The van der Waals surface area contributed by atoms with E-state index in [1.54, 1.807) is 24.3 Å². The zero-order chi connectivity index (χ0) is 16.4. The standard InChI is InChI=1S/C16H13BrN2O3S/c1-11-2-4-12(5-3-11)13-6-8-14(9-7-13)23(20,21)19-16-15(17)10-18-22-16/h2-10,19H,1H3. The maximum absolute atomic E-state index is 12.3. The molecule has 1 N–H and O–H groups in total. The second-order valence-corrected chi connectivity index (χ2v) is 7.54. The summed E-state index contributed by atoms with van der Waals surface area (Å²) in [6, 6.07) is 14.7. The van der Waals surface area contributed by atoms with Crippen LogP contribution in [0.3, 0.4) is 0 Å². The quantitative estimate of drug-likeness (QED) is 0.721. The Balaban J connectivity index is 1.86. The maximum Gasteiger partial charge on any atom is 0.264 e. The lowest BCUT2D eigenvalue weighted by atomic mass is 10.0. The lowest BCUT2D eigenvalue weighted by molar-refractivity contribution is 0.435. The molecule has 0 radical (unpaired) electrons. The number of halogens is 1. The molecule has 3 aromatic rings. The second-order valence-electron chi connectivity index (χ2n) is 5.00. The van der Waals surface area contributed by atoms with Crippen molar-refractivity contribution < 1.29 is 12.9 Å². The highest BCUT2D eigenvalue weighted by Crippen LogP contribution is 2.26. The molecule has 1 aromatic heterocycles. The molecule has 3 rings (SSSR count). The summed E-state index contributed by atoms with van der Waals surface area (Å²) >= 11 is 3.16. The molecule has 0 aliphatic rings. The number of aryl methyl sites for hydroxylation is 1. The van der Waals surface area contributed by atoms with E-state index in [1.165, 1.54) is 11.8 Å². The van der Waals surface area contributed by atoms with E-state index < -0.39 is 10.0 Å². The normalized spacial score (nSPS) is 11.4. The number of benzene rings is 2. The summed E-state index contributed by atoms with van der Waals surface area (Å²) in [5.74, 6) is 0.0487. The molecular weight excluding hydrogens is 380 g/mol. The van der Waals surface area contributed by atoms with Gasteiger partial charge in [0.2, 0.25) is 0 Å². The van der Waals surface area contributed by atoms with Gasteiger partial charge in [-0.3, -0.25) is 0 Å². The number of anilines is 1. The molecule has 7 heteroatoms. The van der Waals surface area contributed by atoms with Crippen LogP contribution >= 0.6 is 15.9 Å². The smallest absolute Gasteiger partial charge is 0.264 e. The van der Waals surface area contributed by atoms with Crippen LogP contribution in [-0.4, -0.2) is 13.6 Å². The molecule has 0 amide bonds. The van der Waals surface area contributed by atoms with Crippen molar-refractivity contribution >= 4 is 31.8 Å². The first-order valence-electron chi connectivity index (χ1n) is 6.76. The van der Waals surface area contributed by atoms with Gasteiger partial charge in [0.05, 0.1) is 11.1 Å². The van der Waals surface area contributed by atoms with Crippen molar-refractivity contribution in [1.29, 1.82) is 0 Å². The molecule has 0 aliphatic carbocycles. The zero-order valence-electron chi connectivity index (χ0n) is 12.2. The van der Waals surface area contributed by atoms with Crippen molar-refractivity contribution in [2.24, 2.45) is 0 Å². The fourth-order valence-electron chi connectivity index (χ4n) is 2.05. The first-order chi connectivity index (χ1) is 11.0. The molecule has 0 saturated heterocycles. The van der Waals surface area contributed by atoms with E-state index in [2.05, 4.69) is 25.8 Å². The van der Waals surface area contributed by atoms with Crippen LogP contribution in [0.4, 0.5) is 5.88 Å². The Morgan fingerprint density at radius 2 is 1.57 bits per heavy atom. The minimum atomic E-state index is -3.73. The highest BCUT2D eigenvalue weighted by molar-refractivity contribution is 9.10. The van der Waals surface area contributed by atoms with Gasteiger partial charge in [-0.05, 0) is 46.1 Å². The van der Waals surface area contributed by atoms with Crippen molar-refractivity contribution in [3.05, 3.63) is 64.8 Å². The molecule has 23 heavy (non-hydrogen) atoms. The Kier molecular flexibility index (Phi) is 4.23. The van der Waals surface area contributed by atoms with Crippen LogP contribution in [-0.2, 0) is 10.0 Å². The van der Waals surface area contributed by atoms with E-state index >= 15 is 0 Å². The lowest BCUT2D eigenvalue weighted by Gasteiger charge is -2.07. The summed E-state index contributed by atoms with van der Waals surface area (Å²) in [7, 11) is -3.73. The van der Waals surface area contributed by atoms with Crippen LogP contribution in [0.5, 0.6) is 0 Å². The monoisotopic (exact) mass is 392 g/mol. The third kappa shape index (κ3) is 3.46. The number of nitrogens with one attached hydrogen (secondary N) is 1. The Hall–Kier alpha value is -2.12. The third-order valence-corrected chi connectivity index (χ3v) is 5.22. The van der Waals surface area contributed by atoms with Gasteiger partial charge < -0.3 is 4.52 Å². The first kappa shape index (κ1) is 15.8. The summed E-state index contributed by atoms with van der Waals surface area (Å²) < 4.78 is 32.3. The number of aromatic nitrogens is 1. The summed E-state index contributed by atoms with van der Waals surface area (Å²) in [4.78, 5) is 0.150. The van der Waals surface area contributed by atoms with Gasteiger partial charge in [-0.15, -0.1) is 0 Å². The van der Waals surface area contributed by atoms with Crippen LogP contribution in [0.1, 0.15) is 5.56 Å². The van der Waals surface area contributed by atoms with Crippen molar-refractivity contribution in [1.82, 2.24) is 5.16 Å². The minimum absolute atomic E-state index is 0.0487. The molecule has 0 atom stereocenters. The minimum Gasteiger partial charge on any atom is -0.337 e. The SMILES string of the molecule is Cc1ccc(-c2ccc(S(=O)(=O)Nc3oncc3Br)cc2)cc1. The highest BCUT2D eigenvalue weighted by atomic mass is 79.9. The molecule has 5 nitrogen and oxygen atoms in total. The summed E-state index contributed by atoms with van der Waals surface area (Å²) in [6.45, 7) is 2.02. The molecule has 0 unspecified atom stereocenters. The Labute approximate surface area is 142 Å². The van der Waals surface area contributed by atoms with Gasteiger partial charge in [0, 0.05) is 0 Å². The van der Waals surface area contributed by atoms with Gasteiger partial charge in [-0.2, -0.15) is 0 Å². The van der Waals surface area contributed by atoms with E-state index in [4.69, 9.17) is 4.52 Å². The van der Waals surface area contributed by atoms with Gasteiger partial charge in [-0.1, -0.05) is 47.1 Å². The predicted octanol–water partition coefficient (Wildman–Crippen LogP) is 4.21. The van der Waals surface area contributed by atoms with Crippen LogP contribution in [0.15, 0.2) is 68.6 Å². The van der Waals surface area contributed by atoms with E-state index in [9.17, 15) is 8.42 Å². The van der Waals surface area contributed by atoms with Gasteiger partial charge in [-0.25, -0.2) is 13.1 Å². The summed E-state index contributed by atoms with van der Waals surface area (Å²) in [5, 5.41) is 3.51. The molecular formula is C16H13BrN2O3S. The largest absolute Gasteiger partial charge is 0.337 e. The zero-order valence-corrected chi connectivity index (χ0v) is 14.6. The average Bonchev–Trinajstić information content (AvgIpc) is 2.93. The molecule has 0 bridgehead atoms. The molecule has 0 aliphatic heterocycles. The predicted molar refractivity (Wildman–Crippen MR) is 91.6 cm³/mol. The third-order valence-electron chi connectivity index (χ3n) is 3.30. The Morgan fingerprint density at radius 1 is 1.00 bits per heavy atom. The summed E-state index contributed by atoms with van der Waals surface area (Å²) in [6.07, 6.45) is 1.37. The summed E-state index contributed by atoms with van der Waals surface area (Å²) in [5.41, 5.74) is 3.16. The topological polar surface area (TPSA) is 72.2 Å². The highest BCUT2D eigenvalue weighted by Gasteiger charge is 2.18. The molecule has 2 aromatic carbocycles. The van der Waals surface area contributed by atoms with Gasteiger partial charge in [0.25, 0.3) is 15.9 Å². The number of hydrogen-bond acceptors (Lipinski definition) is 4. The molecule has 118 valence electrons. The van der Waals surface area contributed by atoms with Crippen molar-refractivity contribution in [3.63, 3.8) is 0 Å². The first-order valence-corrected chi connectivity index (χ1v) is 9.03. The number of rotatable bonds is 4. The van der Waals surface area contributed by atoms with Crippen LogP contribution in [0, 0.1) is 6.92 Å². The van der Waals surface area contributed by atoms with E-state index in [-0.39, 0.29) is 10.8 Å².